The molecule has 1 aliphatic carbocycles. The number of rotatable bonds is 6. The molecule has 1 N–H and O–H groups in total. The summed E-state index contributed by atoms with van der Waals surface area (Å²) in [5, 5.41) is 10.9. The number of aromatic nitrogens is 2. The van der Waals surface area contributed by atoms with Crippen LogP contribution in [0.15, 0.2) is 30.6 Å². The van der Waals surface area contributed by atoms with Gasteiger partial charge in [0.15, 0.2) is 0 Å². The maximum absolute atomic E-state index is 13.4. The van der Waals surface area contributed by atoms with Crippen LogP contribution in [0.1, 0.15) is 54.5 Å². The van der Waals surface area contributed by atoms with Crippen LogP contribution in [-0.4, -0.2) is 65.8 Å². The van der Waals surface area contributed by atoms with Gasteiger partial charge in [0.2, 0.25) is 5.91 Å². The number of aliphatic hydroxyl groups is 1. The Bertz CT molecular complexity index is 916. The Morgan fingerprint density at radius 1 is 1.23 bits per heavy atom. The van der Waals surface area contributed by atoms with Crippen molar-refractivity contribution >= 4 is 23.3 Å². The number of fused-ring (bicyclic) bond motifs is 1. The first kappa shape index (κ1) is 22.0. The third kappa shape index (κ3) is 4.54. The van der Waals surface area contributed by atoms with Crippen LogP contribution in [0.2, 0.25) is 5.02 Å². The first-order valence-corrected chi connectivity index (χ1v) is 11.2. The van der Waals surface area contributed by atoms with Crippen LogP contribution in [0.4, 0.5) is 5.82 Å². The fourth-order valence-electron chi connectivity index (χ4n) is 4.68. The molecule has 1 aromatic carbocycles. The Morgan fingerprint density at radius 3 is 2.61 bits per heavy atom. The fourth-order valence-corrected chi connectivity index (χ4v) is 4.80. The molecule has 0 unspecified atom stereocenters. The molecule has 3 atom stereocenters. The van der Waals surface area contributed by atoms with Gasteiger partial charge in [-0.1, -0.05) is 30.7 Å². The number of hydrogen-bond acceptors (Lipinski definition) is 6. The lowest BCUT2D eigenvalue weighted by Crippen LogP contribution is -2.50. The van der Waals surface area contributed by atoms with Crippen molar-refractivity contribution in [2.24, 2.45) is 0 Å². The molecule has 1 aromatic heterocycles. The zero-order valence-corrected chi connectivity index (χ0v) is 18.8. The van der Waals surface area contributed by atoms with Gasteiger partial charge in [0, 0.05) is 50.5 Å². The minimum atomic E-state index is -0.518. The normalized spacial score (nSPS) is 21.8. The molecule has 0 radical (unpaired) electrons. The zero-order chi connectivity index (χ0) is 22.0. The van der Waals surface area contributed by atoms with E-state index in [1.54, 1.807) is 7.11 Å². The third-order valence-corrected chi connectivity index (χ3v) is 6.60. The van der Waals surface area contributed by atoms with Gasteiger partial charge in [0.25, 0.3) is 0 Å². The van der Waals surface area contributed by atoms with Crippen molar-refractivity contribution < 1.29 is 14.6 Å². The van der Waals surface area contributed by atoms with Gasteiger partial charge in [-0.3, -0.25) is 4.79 Å². The van der Waals surface area contributed by atoms with E-state index >= 15 is 0 Å². The van der Waals surface area contributed by atoms with Crippen LogP contribution in [0.5, 0.6) is 0 Å². The van der Waals surface area contributed by atoms with Crippen molar-refractivity contribution in [3.8, 4) is 0 Å². The zero-order valence-electron chi connectivity index (χ0n) is 18.0. The lowest BCUT2D eigenvalue weighted by Gasteiger charge is -2.38. The molecule has 4 rings (SSSR count). The van der Waals surface area contributed by atoms with E-state index in [1.165, 1.54) is 6.33 Å². The molecular weight excluding hydrogens is 416 g/mol. The maximum Gasteiger partial charge on any atom is 0.230 e. The monoisotopic (exact) mass is 444 g/mol. The third-order valence-electron chi connectivity index (χ3n) is 6.35. The van der Waals surface area contributed by atoms with Crippen LogP contribution in [0, 0.1) is 0 Å². The van der Waals surface area contributed by atoms with Crippen LogP contribution < -0.4 is 4.90 Å². The number of ether oxygens (including phenoxy) is 1. The van der Waals surface area contributed by atoms with Crippen molar-refractivity contribution in [1.29, 1.82) is 0 Å². The van der Waals surface area contributed by atoms with Crippen molar-refractivity contribution in [3.05, 3.63) is 52.4 Å². The number of piperazine rings is 1. The molecule has 166 valence electrons. The molecule has 1 saturated heterocycles. The van der Waals surface area contributed by atoms with E-state index < -0.39 is 6.10 Å². The second kappa shape index (κ2) is 9.51. The van der Waals surface area contributed by atoms with Gasteiger partial charge < -0.3 is 19.6 Å². The van der Waals surface area contributed by atoms with E-state index in [2.05, 4.69) is 21.8 Å². The predicted octanol–water partition coefficient (Wildman–Crippen LogP) is 3.14. The van der Waals surface area contributed by atoms with Gasteiger partial charge in [-0.2, -0.15) is 0 Å². The van der Waals surface area contributed by atoms with E-state index in [0.29, 0.717) is 50.7 Å². The molecule has 2 heterocycles. The average molecular weight is 445 g/mol. The predicted molar refractivity (Wildman–Crippen MR) is 120 cm³/mol. The van der Waals surface area contributed by atoms with Gasteiger partial charge in [-0.25, -0.2) is 9.97 Å². The molecule has 8 heteroatoms. The summed E-state index contributed by atoms with van der Waals surface area (Å²) >= 11 is 6.03. The minimum absolute atomic E-state index is 0.121. The first-order chi connectivity index (χ1) is 15.0. The topological polar surface area (TPSA) is 78.8 Å². The highest BCUT2D eigenvalue weighted by atomic mass is 35.5. The highest BCUT2D eigenvalue weighted by Crippen LogP contribution is 2.42. The number of nitrogens with zero attached hydrogens (tertiary/aromatic N) is 4. The Balaban J connectivity index is 1.47. The van der Waals surface area contributed by atoms with Gasteiger partial charge in [0.1, 0.15) is 12.1 Å². The number of hydrogen-bond donors (Lipinski definition) is 1. The van der Waals surface area contributed by atoms with E-state index in [9.17, 15) is 9.90 Å². The standard InChI is InChI=1S/C23H29ClN4O3/c1-15-13-19(29)21-20(15)22(26-14-25-21)27-8-10-28(11-9-27)23(30)18(7-12-31-2)16-3-5-17(24)6-4-16/h3-6,14-15,18-19,29H,7-13H2,1-2H3/t15-,18-,19-/m1/s1. The van der Waals surface area contributed by atoms with Gasteiger partial charge in [-0.15, -0.1) is 0 Å². The smallest absolute Gasteiger partial charge is 0.230 e. The van der Waals surface area contributed by atoms with Gasteiger partial charge in [-0.05, 0) is 36.5 Å². The summed E-state index contributed by atoms with van der Waals surface area (Å²) in [4.78, 5) is 26.4. The average Bonchev–Trinajstić information content (AvgIpc) is 3.09. The highest BCUT2D eigenvalue weighted by molar-refractivity contribution is 6.30. The summed E-state index contributed by atoms with van der Waals surface area (Å²) in [5.74, 6) is 0.997. The molecule has 1 amide bonds. The highest BCUT2D eigenvalue weighted by Gasteiger charge is 2.35. The molecule has 7 nitrogen and oxygen atoms in total. The lowest BCUT2D eigenvalue weighted by molar-refractivity contribution is -0.133. The number of halogens is 1. The van der Waals surface area contributed by atoms with Crippen LogP contribution in [0.3, 0.4) is 0 Å². The number of carbonyl (C=O) groups is 1. The summed E-state index contributed by atoms with van der Waals surface area (Å²) < 4.78 is 5.25. The van der Waals surface area contributed by atoms with Crippen molar-refractivity contribution in [2.75, 3.05) is 44.8 Å². The van der Waals surface area contributed by atoms with E-state index in [4.69, 9.17) is 16.3 Å². The quantitative estimate of drug-likeness (QED) is 0.737. The number of benzene rings is 1. The van der Waals surface area contributed by atoms with Crippen molar-refractivity contribution in [3.63, 3.8) is 0 Å². The number of anilines is 1. The molecule has 0 saturated carbocycles. The lowest BCUT2D eigenvalue weighted by atomic mass is 9.94. The second-order valence-electron chi connectivity index (χ2n) is 8.35. The Hall–Kier alpha value is -2.22. The Morgan fingerprint density at radius 2 is 1.94 bits per heavy atom. The molecule has 2 aliphatic rings. The van der Waals surface area contributed by atoms with E-state index in [-0.39, 0.29) is 17.7 Å². The summed E-state index contributed by atoms with van der Waals surface area (Å²) in [5.41, 5.74) is 2.76. The Labute approximate surface area is 188 Å². The second-order valence-corrected chi connectivity index (χ2v) is 8.78. The van der Waals surface area contributed by atoms with Crippen molar-refractivity contribution in [1.82, 2.24) is 14.9 Å². The first-order valence-electron chi connectivity index (χ1n) is 10.8. The minimum Gasteiger partial charge on any atom is -0.387 e. The molecule has 31 heavy (non-hydrogen) atoms. The largest absolute Gasteiger partial charge is 0.387 e. The summed E-state index contributed by atoms with van der Waals surface area (Å²) in [6.07, 6.45) is 2.33. The van der Waals surface area contributed by atoms with Crippen LogP contribution in [-0.2, 0) is 9.53 Å². The van der Waals surface area contributed by atoms with Gasteiger partial charge in [0.05, 0.1) is 17.7 Å². The molecule has 2 aromatic rings. The summed E-state index contributed by atoms with van der Waals surface area (Å²) in [7, 11) is 1.65. The van der Waals surface area contributed by atoms with Crippen LogP contribution in [0.25, 0.3) is 0 Å². The molecule has 1 fully saturated rings. The number of amides is 1. The molecule has 0 bridgehead atoms. The van der Waals surface area contributed by atoms with Crippen molar-refractivity contribution in [2.45, 2.75) is 37.7 Å². The van der Waals surface area contributed by atoms with E-state index in [0.717, 1.165) is 22.6 Å². The SMILES string of the molecule is COCC[C@@H](C(=O)N1CCN(c2ncnc3c2[C@H](C)C[C@H]3O)CC1)c1ccc(Cl)cc1. The number of aliphatic hydroxyl groups excluding tert-OH is 1. The van der Waals surface area contributed by atoms with Gasteiger partial charge >= 0.3 is 0 Å². The number of methoxy groups -OCH3 is 1. The summed E-state index contributed by atoms with van der Waals surface area (Å²) in [6, 6.07) is 7.50. The van der Waals surface area contributed by atoms with Crippen LogP contribution >= 0.6 is 11.6 Å². The maximum atomic E-state index is 13.4. The fraction of sp³-hybridized carbons (Fsp3) is 0.522. The summed E-state index contributed by atoms with van der Waals surface area (Å²) in [6.45, 7) is 5.29. The Kier molecular flexibility index (Phi) is 6.74. The van der Waals surface area contributed by atoms with E-state index in [1.807, 2.05) is 29.2 Å². The molecular formula is C23H29ClN4O3. The number of carbonyl (C=O) groups excluding carboxylic acids is 1. The molecule has 1 aliphatic heterocycles. The molecule has 0 spiro atoms.